The van der Waals surface area contributed by atoms with Crippen LogP contribution in [-0.2, 0) is 34.6 Å². The summed E-state index contributed by atoms with van der Waals surface area (Å²) < 4.78 is 34.6. The van der Waals surface area contributed by atoms with E-state index in [-0.39, 0.29) is 18.0 Å². The molecule has 3 rings (SSSR count). The Bertz CT molecular complexity index is 1320. The summed E-state index contributed by atoms with van der Waals surface area (Å²) in [6, 6.07) is 16.4. The molecule has 0 amide bonds. The monoisotopic (exact) mass is 479 g/mol. The summed E-state index contributed by atoms with van der Waals surface area (Å²) in [5.41, 5.74) is 4.81. The van der Waals surface area contributed by atoms with Crippen LogP contribution in [0.4, 0.5) is 0 Å². The third-order valence-corrected chi connectivity index (χ3v) is 7.19. The average Bonchev–Trinajstić information content (AvgIpc) is 3.11. The molecule has 0 atom stereocenters. The van der Waals surface area contributed by atoms with Gasteiger partial charge in [-0.2, -0.15) is 5.26 Å². The summed E-state index contributed by atoms with van der Waals surface area (Å²) in [4.78, 5) is 12.9. The van der Waals surface area contributed by atoms with E-state index in [1.807, 2.05) is 38.1 Å². The second-order valence-electron chi connectivity index (χ2n) is 7.95. The lowest BCUT2D eigenvalue weighted by atomic mass is 9.98. The van der Waals surface area contributed by atoms with E-state index in [1.54, 1.807) is 42.8 Å². The molecule has 7 nitrogen and oxygen atoms in total. The molecule has 1 N–H and O–H groups in total. The Morgan fingerprint density at radius 3 is 2.29 bits per heavy atom. The van der Waals surface area contributed by atoms with Gasteiger partial charge in [0.2, 0.25) is 10.0 Å². The van der Waals surface area contributed by atoms with Gasteiger partial charge in [0.25, 0.3) is 0 Å². The predicted octanol–water partition coefficient (Wildman–Crippen LogP) is 4.13. The van der Waals surface area contributed by atoms with Crippen molar-refractivity contribution in [2.24, 2.45) is 7.05 Å². The number of aryl methyl sites for hydroxylation is 1. The maximum atomic E-state index is 12.7. The zero-order valence-electron chi connectivity index (χ0n) is 19.9. The molecule has 0 aliphatic rings. The van der Waals surface area contributed by atoms with E-state index < -0.39 is 16.0 Å². The maximum Gasteiger partial charge on any atom is 0.355 e. The van der Waals surface area contributed by atoms with E-state index in [0.29, 0.717) is 29.7 Å². The van der Waals surface area contributed by atoms with Gasteiger partial charge in [0.05, 0.1) is 17.1 Å². The summed E-state index contributed by atoms with van der Waals surface area (Å²) in [7, 11) is -1.81. The van der Waals surface area contributed by atoms with Crippen LogP contribution in [0, 0.1) is 18.3 Å². The molecule has 8 heteroatoms. The summed E-state index contributed by atoms with van der Waals surface area (Å²) >= 11 is 0. The minimum absolute atomic E-state index is 0.236. The number of benzene rings is 2. The molecule has 0 bridgehead atoms. The normalized spacial score (nSPS) is 11.3. The molecule has 3 aromatic rings. The number of hydrogen-bond donors (Lipinski definition) is 1. The average molecular weight is 480 g/mol. The number of esters is 1. The van der Waals surface area contributed by atoms with Gasteiger partial charge in [-0.15, -0.1) is 0 Å². The first-order chi connectivity index (χ1) is 16.2. The highest BCUT2D eigenvalue weighted by molar-refractivity contribution is 7.89. The number of hydrogen-bond acceptors (Lipinski definition) is 5. The molecule has 0 aliphatic carbocycles. The van der Waals surface area contributed by atoms with Crippen LogP contribution in [0.15, 0.2) is 53.4 Å². The molecular weight excluding hydrogens is 450 g/mol. The fourth-order valence-electron chi connectivity index (χ4n) is 3.96. The SMILES string of the molecule is CCOC(=O)c1c(-c2ccc(CCNS(=O)(=O)c3ccc(C)cc3)cc2)c(C#N)c(CC)n1C. The zero-order valence-corrected chi connectivity index (χ0v) is 20.7. The Hall–Kier alpha value is -3.41. The lowest BCUT2D eigenvalue weighted by Gasteiger charge is -2.09. The zero-order chi connectivity index (χ0) is 24.9. The van der Waals surface area contributed by atoms with Gasteiger partial charge in [0.1, 0.15) is 11.8 Å². The van der Waals surface area contributed by atoms with Crippen molar-refractivity contribution in [1.29, 1.82) is 5.26 Å². The molecular formula is C26H29N3O4S. The Labute approximate surface area is 201 Å². The van der Waals surface area contributed by atoms with Gasteiger partial charge in [0, 0.05) is 24.8 Å². The second kappa shape index (κ2) is 10.7. The standard InChI is InChI=1S/C26H29N3O4S/c1-5-23-22(17-27)24(25(29(23)4)26(30)33-6-2)20-11-9-19(10-12-20)15-16-28-34(31,32)21-13-7-18(3)8-14-21/h7-14,28H,5-6,15-16H2,1-4H3. The molecule has 0 spiro atoms. The van der Waals surface area contributed by atoms with Crippen molar-refractivity contribution in [3.05, 3.63) is 76.6 Å². The van der Waals surface area contributed by atoms with E-state index in [2.05, 4.69) is 10.8 Å². The Morgan fingerprint density at radius 2 is 1.74 bits per heavy atom. The van der Waals surface area contributed by atoms with Gasteiger partial charge >= 0.3 is 5.97 Å². The first kappa shape index (κ1) is 25.2. The molecule has 1 aromatic heterocycles. The number of carbonyl (C=O) groups is 1. The largest absolute Gasteiger partial charge is 0.461 e. The van der Waals surface area contributed by atoms with Crippen molar-refractivity contribution in [2.45, 2.75) is 38.5 Å². The summed E-state index contributed by atoms with van der Waals surface area (Å²) in [5.74, 6) is -0.467. The van der Waals surface area contributed by atoms with Crippen LogP contribution in [-0.4, -0.2) is 32.1 Å². The van der Waals surface area contributed by atoms with Crippen molar-refractivity contribution in [3.63, 3.8) is 0 Å². The number of sulfonamides is 1. The van der Waals surface area contributed by atoms with Crippen LogP contribution >= 0.6 is 0 Å². The first-order valence-corrected chi connectivity index (χ1v) is 12.7. The van der Waals surface area contributed by atoms with Crippen LogP contribution in [0.5, 0.6) is 0 Å². The maximum absolute atomic E-state index is 12.7. The van der Waals surface area contributed by atoms with Crippen molar-refractivity contribution in [3.8, 4) is 17.2 Å². The van der Waals surface area contributed by atoms with E-state index in [1.165, 1.54) is 0 Å². The van der Waals surface area contributed by atoms with Crippen LogP contribution < -0.4 is 4.72 Å². The fourth-order valence-corrected chi connectivity index (χ4v) is 4.99. The Balaban J connectivity index is 1.81. The number of nitriles is 1. The number of nitrogens with one attached hydrogen (secondary N) is 1. The summed E-state index contributed by atoms with van der Waals surface area (Å²) in [6.45, 7) is 6.08. The van der Waals surface area contributed by atoms with Crippen LogP contribution in [0.1, 0.15) is 46.7 Å². The topological polar surface area (TPSA) is 101 Å². The smallest absolute Gasteiger partial charge is 0.355 e. The molecule has 0 aliphatic heterocycles. The van der Waals surface area contributed by atoms with Crippen molar-refractivity contribution < 1.29 is 17.9 Å². The third kappa shape index (κ3) is 5.22. The van der Waals surface area contributed by atoms with Gasteiger partial charge in [-0.05, 0) is 49.9 Å². The number of carbonyl (C=O) groups excluding carboxylic acids is 1. The van der Waals surface area contributed by atoms with Gasteiger partial charge in [0.15, 0.2) is 0 Å². The van der Waals surface area contributed by atoms with Gasteiger partial charge in [-0.25, -0.2) is 17.9 Å². The first-order valence-electron chi connectivity index (χ1n) is 11.2. The third-order valence-electron chi connectivity index (χ3n) is 5.71. The molecule has 0 radical (unpaired) electrons. The van der Waals surface area contributed by atoms with Crippen LogP contribution in [0.25, 0.3) is 11.1 Å². The summed E-state index contributed by atoms with van der Waals surface area (Å²) in [6.07, 6.45) is 1.10. The fraction of sp³-hybridized carbons (Fsp3) is 0.308. The van der Waals surface area contributed by atoms with Crippen molar-refractivity contribution >= 4 is 16.0 Å². The lowest BCUT2D eigenvalue weighted by molar-refractivity contribution is 0.0516. The Kier molecular flexibility index (Phi) is 7.92. The molecule has 0 unspecified atom stereocenters. The molecule has 34 heavy (non-hydrogen) atoms. The molecule has 178 valence electrons. The van der Waals surface area contributed by atoms with Gasteiger partial charge < -0.3 is 9.30 Å². The van der Waals surface area contributed by atoms with Crippen LogP contribution in [0.3, 0.4) is 0 Å². The molecule has 1 heterocycles. The van der Waals surface area contributed by atoms with E-state index in [4.69, 9.17) is 4.74 Å². The minimum Gasteiger partial charge on any atom is -0.461 e. The summed E-state index contributed by atoms with van der Waals surface area (Å²) in [5, 5.41) is 9.82. The molecule has 0 fully saturated rings. The number of aromatic nitrogens is 1. The minimum atomic E-state index is -3.57. The number of nitrogens with zero attached hydrogens (tertiary/aromatic N) is 2. The van der Waals surface area contributed by atoms with E-state index >= 15 is 0 Å². The highest BCUT2D eigenvalue weighted by Crippen LogP contribution is 2.33. The molecule has 2 aromatic carbocycles. The van der Waals surface area contributed by atoms with Gasteiger partial charge in [-0.3, -0.25) is 0 Å². The van der Waals surface area contributed by atoms with E-state index in [0.717, 1.165) is 22.4 Å². The number of rotatable bonds is 9. The van der Waals surface area contributed by atoms with Crippen LogP contribution in [0.2, 0.25) is 0 Å². The van der Waals surface area contributed by atoms with Crippen molar-refractivity contribution in [1.82, 2.24) is 9.29 Å². The Morgan fingerprint density at radius 1 is 1.09 bits per heavy atom. The number of ether oxygens (including phenoxy) is 1. The van der Waals surface area contributed by atoms with Gasteiger partial charge in [-0.1, -0.05) is 48.9 Å². The lowest BCUT2D eigenvalue weighted by Crippen LogP contribution is -2.25. The quantitative estimate of drug-likeness (QED) is 0.465. The van der Waals surface area contributed by atoms with Crippen molar-refractivity contribution in [2.75, 3.05) is 13.2 Å². The molecule has 0 saturated heterocycles. The molecule has 0 saturated carbocycles. The van der Waals surface area contributed by atoms with E-state index in [9.17, 15) is 18.5 Å². The second-order valence-corrected chi connectivity index (χ2v) is 9.71. The highest BCUT2D eigenvalue weighted by atomic mass is 32.2. The highest BCUT2D eigenvalue weighted by Gasteiger charge is 2.26. The predicted molar refractivity (Wildman–Crippen MR) is 131 cm³/mol.